The molecule has 0 aliphatic heterocycles. The summed E-state index contributed by atoms with van der Waals surface area (Å²) in [6, 6.07) is 5.61. The van der Waals surface area contributed by atoms with Crippen molar-refractivity contribution in [3.8, 4) is 0 Å². The molecule has 1 aliphatic carbocycles. The van der Waals surface area contributed by atoms with Crippen molar-refractivity contribution in [3.05, 3.63) is 35.0 Å². The molecule has 0 saturated heterocycles. The third kappa shape index (κ3) is 1.87. The van der Waals surface area contributed by atoms with Crippen LogP contribution in [0.1, 0.15) is 30.1 Å². The van der Waals surface area contributed by atoms with Crippen LogP contribution < -0.4 is 0 Å². The fraction of sp³-hybridized carbons (Fsp3) is 0.357. The minimum Gasteiger partial charge on any atom is -0.360 e. The predicted octanol–water partition coefficient (Wildman–Crippen LogP) is 4.05. The third-order valence-corrected chi connectivity index (χ3v) is 3.89. The standard InChI is InChI=1S/C14H14ClNO/c1-8(9-2-3-9)14(17)12-7-16-13-5-4-10(15)6-11(12)13/h4-9,16H,2-3H2,1H3. The molecule has 1 unspecified atom stereocenters. The summed E-state index contributed by atoms with van der Waals surface area (Å²) < 4.78 is 0. The zero-order chi connectivity index (χ0) is 12.0. The largest absolute Gasteiger partial charge is 0.360 e. The van der Waals surface area contributed by atoms with Crippen LogP contribution in [0.2, 0.25) is 5.02 Å². The zero-order valence-corrected chi connectivity index (χ0v) is 10.4. The molecule has 1 fully saturated rings. The number of H-pyrrole nitrogens is 1. The summed E-state index contributed by atoms with van der Waals surface area (Å²) in [5.41, 5.74) is 1.75. The summed E-state index contributed by atoms with van der Waals surface area (Å²) in [7, 11) is 0. The molecule has 0 bridgehead atoms. The van der Waals surface area contributed by atoms with Crippen molar-refractivity contribution in [2.75, 3.05) is 0 Å². The number of aromatic amines is 1. The first kappa shape index (κ1) is 10.8. The van der Waals surface area contributed by atoms with Crippen molar-refractivity contribution < 1.29 is 4.79 Å². The van der Waals surface area contributed by atoms with Crippen LogP contribution in [0.5, 0.6) is 0 Å². The lowest BCUT2D eigenvalue weighted by Crippen LogP contribution is -2.12. The van der Waals surface area contributed by atoms with Crippen LogP contribution in [0.25, 0.3) is 10.9 Å². The molecule has 2 nitrogen and oxygen atoms in total. The Morgan fingerprint density at radius 2 is 2.24 bits per heavy atom. The number of fused-ring (bicyclic) bond motifs is 1. The quantitative estimate of drug-likeness (QED) is 0.816. The number of hydrogen-bond acceptors (Lipinski definition) is 1. The van der Waals surface area contributed by atoms with Crippen molar-refractivity contribution in [2.24, 2.45) is 11.8 Å². The second kappa shape index (κ2) is 3.88. The van der Waals surface area contributed by atoms with E-state index < -0.39 is 0 Å². The molecule has 1 saturated carbocycles. The summed E-state index contributed by atoms with van der Waals surface area (Å²) >= 11 is 5.98. The maximum Gasteiger partial charge on any atom is 0.168 e. The van der Waals surface area contributed by atoms with Gasteiger partial charge in [0.05, 0.1) is 0 Å². The Hall–Kier alpha value is -1.28. The van der Waals surface area contributed by atoms with Gasteiger partial charge in [-0.25, -0.2) is 0 Å². The number of benzene rings is 1. The molecule has 1 aliphatic rings. The Balaban J connectivity index is 2.04. The summed E-state index contributed by atoms with van der Waals surface area (Å²) in [6.45, 7) is 2.03. The highest BCUT2D eigenvalue weighted by Gasteiger charge is 2.33. The fourth-order valence-corrected chi connectivity index (χ4v) is 2.52. The maximum atomic E-state index is 12.3. The van der Waals surface area contributed by atoms with Gasteiger partial charge < -0.3 is 4.98 Å². The molecule has 1 aromatic carbocycles. The predicted molar refractivity (Wildman–Crippen MR) is 69.5 cm³/mol. The van der Waals surface area contributed by atoms with Gasteiger partial charge in [0.2, 0.25) is 0 Å². The number of hydrogen-bond donors (Lipinski definition) is 1. The van der Waals surface area contributed by atoms with E-state index in [-0.39, 0.29) is 11.7 Å². The van der Waals surface area contributed by atoms with E-state index >= 15 is 0 Å². The van der Waals surface area contributed by atoms with Gasteiger partial charge in [0.25, 0.3) is 0 Å². The van der Waals surface area contributed by atoms with E-state index in [0.717, 1.165) is 16.5 Å². The second-order valence-electron chi connectivity index (χ2n) is 4.88. The zero-order valence-electron chi connectivity index (χ0n) is 9.66. The molecule has 0 radical (unpaired) electrons. The Kier molecular flexibility index (Phi) is 2.48. The van der Waals surface area contributed by atoms with Gasteiger partial charge in [0.15, 0.2) is 5.78 Å². The van der Waals surface area contributed by atoms with Gasteiger partial charge in [-0.2, -0.15) is 0 Å². The lowest BCUT2D eigenvalue weighted by atomic mass is 9.95. The number of halogens is 1. The topological polar surface area (TPSA) is 32.9 Å². The summed E-state index contributed by atoms with van der Waals surface area (Å²) in [5, 5.41) is 1.61. The van der Waals surface area contributed by atoms with Gasteiger partial charge in [-0.05, 0) is 37.0 Å². The number of nitrogens with one attached hydrogen (secondary N) is 1. The highest BCUT2D eigenvalue weighted by atomic mass is 35.5. The number of ketones is 1. The average molecular weight is 248 g/mol. The molecular weight excluding hydrogens is 234 g/mol. The molecule has 3 heteroatoms. The summed E-state index contributed by atoms with van der Waals surface area (Å²) in [6.07, 6.45) is 4.19. The smallest absolute Gasteiger partial charge is 0.168 e. The van der Waals surface area contributed by atoms with Crippen molar-refractivity contribution in [3.63, 3.8) is 0 Å². The first-order chi connectivity index (χ1) is 8.16. The summed E-state index contributed by atoms with van der Waals surface area (Å²) in [5.74, 6) is 0.959. The molecule has 88 valence electrons. The lowest BCUT2D eigenvalue weighted by molar-refractivity contribution is 0.0918. The minimum atomic E-state index is 0.132. The van der Waals surface area contributed by atoms with Crippen molar-refractivity contribution in [1.82, 2.24) is 4.98 Å². The monoisotopic (exact) mass is 247 g/mol. The molecule has 1 aromatic heterocycles. The van der Waals surface area contributed by atoms with Crippen LogP contribution in [0.4, 0.5) is 0 Å². The molecule has 0 amide bonds. The Labute approximate surface area is 105 Å². The van der Waals surface area contributed by atoms with E-state index in [1.54, 1.807) is 0 Å². The molecule has 0 spiro atoms. The molecule has 3 rings (SSSR count). The van der Waals surface area contributed by atoms with E-state index in [2.05, 4.69) is 4.98 Å². The van der Waals surface area contributed by atoms with Crippen LogP contribution in [0, 0.1) is 11.8 Å². The van der Waals surface area contributed by atoms with E-state index in [1.165, 1.54) is 12.8 Å². The lowest BCUT2D eigenvalue weighted by Gasteiger charge is -2.07. The van der Waals surface area contributed by atoms with Crippen molar-refractivity contribution >= 4 is 28.3 Å². The Morgan fingerprint density at radius 3 is 2.94 bits per heavy atom. The van der Waals surface area contributed by atoms with Crippen LogP contribution in [0.15, 0.2) is 24.4 Å². The highest BCUT2D eigenvalue weighted by Crippen LogP contribution is 2.39. The third-order valence-electron chi connectivity index (χ3n) is 3.65. The Morgan fingerprint density at radius 1 is 1.47 bits per heavy atom. The molecule has 1 atom stereocenters. The fourth-order valence-electron chi connectivity index (χ4n) is 2.35. The molecule has 1 heterocycles. The van der Waals surface area contributed by atoms with E-state index in [1.807, 2.05) is 31.3 Å². The normalized spacial score (nSPS) is 17.3. The SMILES string of the molecule is CC(C(=O)c1c[nH]c2ccc(Cl)cc12)C1CC1. The second-order valence-corrected chi connectivity index (χ2v) is 5.32. The first-order valence-corrected chi connectivity index (χ1v) is 6.35. The maximum absolute atomic E-state index is 12.3. The van der Waals surface area contributed by atoms with E-state index in [0.29, 0.717) is 10.9 Å². The van der Waals surface area contributed by atoms with Crippen LogP contribution in [0.3, 0.4) is 0 Å². The van der Waals surface area contributed by atoms with Gasteiger partial charge in [-0.15, -0.1) is 0 Å². The number of aromatic nitrogens is 1. The van der Waals surface area contributed by atoms with Gasteiger partial charge in [0, 0.05) is 33.6 Å². The van der Waals surface area contributed by atoms with Gasteiger partial charge in [0.1, 0.15) is 0 Å². The molecule has 17 heavy (non-hydrogen) atoms. The van der Waals surface area contributed by atoms with Crippen LogP contribution in [-0.4, -0.2) is 10.8 Å². The van der Waals surface area contributed by atoms with E-state index in [4.69, 9.17) is 11.6 Å². The van der Waals surface area contributed by atoms with Crippen molar-refractivity contribution in [2.45, 2.75) is 19.8 Å². The number of Topliss-reactive ketones (excluding diaryl/α,β-unsaturated/α-hetero) is 1. The van der Waals surface area contributed by atoms with Crippen molar-refractivity contribution in [1.29, 1.82) is 0 Å². The van der Waals surface area contributed by atoms with Crippen LogP contribution in [-0.2, 0) is 0 Å². The van der Waals surface area contributed by atoms with Gasteiger partial charge in [-0.1, -0.05) is 18.5 Å². The van der Waals surface area contributed by atoms with Gasteiger partial charge >= 0.3 is 0 Å². The number of carbonyl (C=O) groups is 1. The molecule has 2 aromatic rings. The number of carbonyl (C=O) groups excluding carboxylic acids is 1. The van der Waals surface area contributed by atoms with Crippen LogP contribution >= 0.6 is 11.6 Å². The highest BCUT2D eigenvalue weighted by molar-refractivity contribution is 6.31. The average Bonchev–Trinajstić information content (AvgIpc) is 3.08. The van der Waals surface area contributed by atoms with Gasteiger partial charge in [-0.3, -0.25) is 4.79 Å². The molecular formula is C14H14ClNO. The Bertz CT molecular complexity index is 583. The first-order valence-electron chi connectivity index (χ1n) is 5.97. The van der Waals surface area contributed by atoms with E-state index in [9.17, 15) is 4.79 Å². The minimum absolute atomic E-state index is 0.132. The summed E-state index contributed by atoms with van der Waals surface area (Å²) in [4.78, 5) is 15.5. The molecule has 1 N–H and O–H groups in total. The number of rotatable bonds is 3.